The fourth-order valence-corrected chi connectivity index (χ4v) is 1.85. The molecule has 0 aromatic heterocycles. The van der Waals surface area contributed by atoms with Gasteiger partial charge in [0, 0.05) is 6.61 Å². The van der Waals surface area contributed by atoms with E-state index in [0.29, 0.717) is 12.5 Å². The maximum atomic E-state index is 9.10. The van der Waals surface area contributed by atoms with Crippen molar-refractivity contribution in [2.24, 2.45) is 11.3 Å². The molecule has 1 aromatic rings. The Kier molecular flexibility index (Phi) is 3.08. The molecule has 1 aliphatic rings. The topological polar surface area (TPSA) is 29.5 Å². The van der Waals surface area contributed by atoms with E-state index in [4.69, 9.17) is 9.84 Å². The van der Waals surface area contributed by atoms with Crippen LogP contribution in [0.2, 0.25) is 0 Å². The molecule has 0 unspecified atom stereocenters. The average molecular weight is 206 g/mol. The third-order valence-electron chi connectivity index (χ3n) is 3.33. The molecule has 0 saturated heterocycles. The lowest BCUT2D eigenvalue weighted by Crippen LogP contribution is -2.08. The lowest BCUT2D eigenvalue weighted by Gasteiger charge is -2.07. The Morgan fingerprint density at radius 3 is 2.73 bits per heavy atom. The summed E-state index contributed by atoms with van der Waals surface area (Å²) in [5.74, 6) is 0.547. The fourth-order valence-electron chi connectivity index (χ4n) is 1.85. The smallest absolute Gasteiger partial charge is 0.0717 e. The zero-order valence-electron chi connectivity index (χ0n) is 9.15. The number of hydrogen-bond acceptors (Lipinski definition) is 2. The largest absolute Gasteiger partial charge is 0.396 e. The quantitative estimate of drug-likeness (QED) is 0.800. The van der Waals surface area contributed by atoms with Gasteiger partial charge in [-0.2, -0.15) is 0 Å². The number of hydrogen-bond donors (Lipinski definition) is 1. The molecule has 2 heteroatoms. The Labute approximate surface area is 90.9 Å². The van der Waals surface area contributed by atoms with Gasteiger partial charge in [0.15, 0.2) is 0 Å². The Hall–Kier alpha value is -0.860. The summed E-state index contributed by atoms with van der Waals surface area (Å²) in [5.41, 5.74) is 1.35. The lowest BCUT2D eigenvalue weighted by molar-refractivity contribution is 0.0936. The van der Waals surface area contributed by atoms with Gasteiger partial charge in [0.1, 0.15) is 0 Å². The third-order valence-corrected chi connectivity index (χ3v) is 3.33. The van der Waals surface area contributed by atoms with Crippen molar-refractivity contribution in [3.8, 4) is 0 Å². The maximum Gasteiger partial charge on any atom is 0.0717 e. The molecule has 82 valence electrons. The summed E-state index contributed by atoms with van der Waals surface area (Å²) in [7, 11) is 0. The first-order chi connectivity index (χ1) is 7.24. The van der Waals surface area contributed by atoms with Crippen LogP contribution in [-0.2, 0) is 11.3 Å². The Morgan fingerprint density at radius 1 is 1.40 bits per heavy atom. The summed E-state index contributed by atoms with van der Waals surface area (Å²) in [4.78, 5) is 0. The number of ether oxygens (including phenoxy) is 1. The highest BCUT2D eigenvalue weighted by molar-refractivity contribution is 5.13. The van der Waals surface area contributed by atoms with E-state index in [1.807, 2.05) is 18.2 Å². The van der Waals surface area contributed by atoms with Crippen LogP contribution in [-0.4, -0.2) is 18.3 Å². The van der Waals surface area contributed by atoms with E-state index < -0.39 is 0 Å². The second-order valence-corrected chi connectivity index (χ2v) is 4.71. The first-order valence-corrected chi connectivity index (χ1v) is 5.47. The number of aliphatic hydroxyl groups is 1. The van der Waals surface area contributed by atoms with Gasteiger partial charge in [0.25, 0.3) is 0 Å². The van der Waals surface area contributed by atoms with E-state index >= 15 is 0 Å². The van der Waals surface area contributed by atoms with Crippen LogP contribution in [0.1, 0.15) is 18.9 Å². The van der Waals surface area contributed by atoms with Gasteiger partial charge in [-0.25, -0.2) is 0 Å². The predicted molar refractivity (Wildman–Crippen MR) is 59.4 cm³/mol. The first-order valence-electron chi connectivity index (χ1n) is 5.47. The molecule has 1 saturated carbocycles. The monoisotopic (exact) mass is 206 g/mol. The van der Waals surface area contributed by atoms with E-state index in [2.05, 4.69) is 19.1 Å². The molecule has 1 fully saturated rings. The van der Waals surface area contributed by atoms with Crippen molar-refractivity contribution in [3.05, 3.63) is 35.9 Å². The van der Waals surface area contributed by atoms with Crippen molar-refractivity contribution in [2.75, 3.05) is 13.2 Å². The lowest BCUT2D eigenvalue weighted by atomic mass is 10.1. The number of benzene rings is 1. The molecule has 0 heterocycles. The van der Waals surface area contributed by atoms with Gasteiger partial charge >= 0.3 is 0 Å². The van der Waals surface area contributed by atoms with E-state index in [9.17, 15) is 0 Å². The average Bonchev–Trinajstić information content (AvgIpc) is 2.92. The summed E-state index contributed by atoms with van der Waals surface area (Å²) < 4.78 is 5.63. The van der Waals surface area contributed by atoms with Gasteiger partial charge in [-0.1, -0.05) is 37.3 Å². The predicted octanol–water partition coefficient (Wildman–Crippen LogP) is 2.22. The Balaban J connectivity index is 1.69. The molecule has 15 heavy (non-hydrogen) atoms. The first kappa shape index (κ1) is 10.7. The van der Waals surface area contributed by atoms with Crippen LogP contribution in [0.15, 0.2) is 30.3 Å². The van der Waals surface area contributed by atoms with Gasteiger partial charge in [0.2, 0.25) is 0 Å². The molecular formula is C13H18O2. The maximum absolute atomic E-state index is 9.10. The molecule has 1 aliphatic carbocycles. The highest BCUT2D eigenvalue weighted by Crippen LogP contribution is 2.51. The van der Waals surface area contributed by atoms with E-state index in [-0.39, 0.29) is 12.0 Å². The van der Waals surface area contributed by atoms with Crippen LogP contribution in [0.3, 0.4) is 0 Å². The third kappa shape index (κ3) is 2.58. The van der Waals surface area contributed by atoms with Crippen LogP contribution in [0, 0.1) is 11.3 Å². The summed E-state index contributed by atoms with van der Waals surface area (Å²) in [5, 5.41) is 9.10. The second-order valence-electron chi connectivity index (χ2n) is 4.71. The molecular weight excluding hydrogens is 188 g/mol. The highest BCUT2D eigenvalue weighted by Gasteiger charge is 2.49. The standard InChI is InChI=1S/C13H18O2/c1-13(10-14)7-12(13)9-15-8-11-5-3-2-4-6-11/h2-6,12,14H,7-10H2,1H3/t12-,13-/m0/s1. The molecule has 2 nitrogen and oxygen atoms in total. The summed E-state index contributed by atoms with van der Waals surface area (Å²) in [6.07, 6.45) is 1.10. The molecule has 0 amide bonds. The molecule has 0 aliphatic heterocycles. The second kappa shape index (κ2) is 4.33. The molecule has 2 rings (SSSR count). The zero-order valence-corrected chi connectivity index (χ0v) is 9.15. The number of aliphatic hydroxyl groups excluding tert-OH is 1. The zero-order chi connectivity index (χ0) is 10.7. The minimum Gasteiger partial charge on any atom is -0.396 e. The summed E-state index contributed by atoms with van der Waals surface area (Å²) >= 11 is 0. The Morgan fingerprint density at radius 2 is 2.13 bits per heavy atom. The molecule has 0 radical (unpaired) electrons. The van der Waals surface area contributed by atoms with E-state index in [0.717, 1.165) is 13.0 Å². The molecule has 0 bridgehead atoms. The molecule has 1 aromatic carbocycles. The molecule has 2 atom stereocenters. The SMILES string of the molecule is C[C@@]1(CO)C[C@H]1COCc1ccccc1. The molecule has 1 N–H and O–H groups in total. The molecule has 0 spiro atoms. The van der Waals surface area contributed by atoms with Gasteiger partial charge in [0.05, 0.1) is 13.2 Å². The van der Waals surface area contributed by atoms with Gasteiger partial charge in [-0.05, 0) is 23.3 Å². The van der Waals surface area contributed by atoms with Gasteiger partial charge < -0.3 is 9.84 Å². The Bertz CT molecular complexity index is 310. The minimum atomic E-state index is 0.136. The van der Waals surface area contributed by atoms with Crippen LogP contribution < -0.4 is 0 Å². The number of rotatable bonds is 5. The van der Waals surface area contributed by atoms with Crippen LogP contribution >= 0.6 is 0 Å². The van der Waals surface area contributed by atoms with Crippen molar-refractivity contribution in [1.29, 1.82) is 0 Å². The van der Waals surface area contributed by atoms with E-state index in [1.165, 1.54) is 5.56 Å². The van der Waals surface area contributed by atoms with Crippen LogP contribution in [0.4, 0.5) is 0 Å². The normalized spacial score (nSPS) is 29.1. The van der Waals surface area contributed by atoms with Crippen molar-refractivity contribution in [1.82, 2.24) is 0 Å². The van der Waals surface area contributed by atoms with Crippen molar-refractivity contribution >= 4 is 0 Å². The summed E-state index contributed by atoms with van der Waals surface area (Å²) in [6, 6.07) is 10.2. The minimum absolute atomic E-state index is 0.136. The highest BCUT2D eigenvalue weighted by atomic mass is 16.5. The van der Waals surface area contributed by atoms with Crippen molar-refractivity contribution < 1.29 is 9.84 Å². The summed E-state index contributed by atoms with van der Waals surface area (Å²) in [6.45, 7) is 3.85. The fraction of sp³-hybridized carbons (Fsp3) is 0.538. The van der Waals surface area contributed by atoms with E-state index in [1.54, 1.807) is 0 Å². The van der Waals surface area contributed by atoms with Crippen LogP contribution in [0.25, 0.3) is 0 Å². The van der Waals surface area contributed by atoms with Crippen molar-refractivity contribution in [3.63, 3.8) is 0 Å². The van der Waals surface area contributed by atoms with Crippen molar-refractivity contribution in [2.45, 2.75) is 20.0 Å². The van der Waals surface area contributed by atoms with Gasteiger partial charge in [-0.15, -0.1) is 0 Å². The van der Waals surface area contributed by atoms with Crippen LogP contribution in [0.5, 0.6) is 0 Å². The van der Waals surface area contributed by atoms with Gasteiger partial charge in [-0.3, -0.25) is 0 Å².